The van der Waals surface area contributed by atoms with Crippen LogP contribution in [0.2, 0.25) is 0 Å². The minimum atomic E-state index is -1.02. The fourth-order valence-electron chi connectivity index (χ4n) is 1.58. The molecule has 0 bridgehead atoms. The highest BCUT2D eigenvalue weighted by Gasteiger charge is 2.10. The van der Waals surface area contributed by atoms with E-state index in [1.165, 1.54) is 10.7 Å². The van der Waals surface area contributed by atoms with Gasteiger partial charge in [-0.15, -0.1) is 10.2 Å². The van der Waals surface area contributed by atoms with Gasteiger partial charge < -0.3 is 4.98 Å². The van der Waals surface area contributed by atoms with Crippen molar-refractivity contribution in [2.75, 3.05) is 0 Å². The summed E-state index contributed by atoms with van der Waals surface area (Å²) in [5.74, 6) is -2.01. The van der Waals surface area contributed by atoms with Crippen molar-refractivity contribution in [2.24, 2.45) is 0 Å². The summed E-state index contributed by atoms with van der Waals surface area (Å²) in [4.78, 5) is 13.9. The lowest BCUT2D eigenvalue weighted by Crippen LogP contribution is -2.11. The third kappa shape index (κ3) is 1.05. The molecule has 3 rings (SSSR count). The Morgan fingerprint density at radius 1 is 1.25 bits per heavy atom. The van der Waals surface area contributed by atoms with Gasteiger partial charge in [0.2, 0.25) is 5.65 Å². The second-order valence-electron chi connectivity index (χ2n) is 3.26. The molecule has 16 heavy (non-hydrogen) atoms. The second kappa shape index (κ2) is 2.84. The van der Waals surface area contributed by atoms with Crippen molar-refractivity contribution in [3.05, 3.63) is 40.4 Å². The number of H-pyrrole nitrogens is 1. The van der Waals surface area contributed by atoms with E-state index in [0.29, 0.717) is 5.52 Å². The molecule has 5 nitrogen and oxygen atoms in total. The number of aromatic nitrogens is 4. The minimum Gasteiger partial charge on any atom is -0.317 e. The van der Waals surface area contributed by atoms with Crippen molar-refractivity contribution in [2.45, 2.75) is 0 Å². The summed E-state index contributed by atoms with van der Waals surface area (Å²) in [7, 11) is 0. The Hall–Kier alpha value is -2.31. The molecule has 80 valence electrons. The number of nitrogens with one attached hydrogen (secondary N) is 1. The molecule has 7 heteroatoms. The number of nitrogens with zero attached hydrogens (tertiary/aromatic N) is 3. The van der Waals surface area contributed by atoms with Gasteiger partial charge >= 0.3 is 0 Å². The molecule has 0 saturated carbocycles. The van der Waals surface area contributed by atoms with E-state index in [4.69, 9.17) is 0 Å². The van der Waals surface area contributed by atoms with Crippen molar-refractivity contribution in [3.63, 3.8) is 0 Å². The molecule has 0 saturated heterocycles. The molecule has 3 aromatic rings. The number of halogens is 2. The van der Waals surface area contributed by atoms with Crippen LogP contribution in [0.5, 0.6) is 0 Å². The summed E-state index contributed by atoms with van der Waals surface area (Å²) >= 11 is 0. The average molecular weight is 222 g/mol. The Morgan fingerprint density at radius 2 is 2.00 bits per heavy atom. The maximum Gasteiger partial charge on any atom is 0.294 e. The van der Waals surface area contributed by atoms with Gasteiger partial charge in [0, 0.05) is 12.1 Å². The number of hydrogen-bond donors (Lipinski definition) is 1. The van der Waals surface area contributed by atoms with Gasteiger partial charge in [-0.25, -0.2) is 8.78 Å². The third-order valence-electron chi connectivity index (χ3n) is 2.30. The lowest BCUT2D eigenvalue weighted by atomic mass is 10.3. The molecule has 0 aliphatic rings. The normalized spacial score (nSPS) is 11.4. The van der Waals surface area contributed by atoms with Gasteiger partial charge in [0.1, 0.15) is 6.33 Å². The van der Waals surface area contributed by atoms with E-state index in [-0.39, 0.29) is 11.2 Å². The van der Waals surface area contributed by atoms with E-state index < -0.39 is 17.2 Å². The zero-order valence-electron chi connectivity index (χ0n) is 7.74. The van der Waals surface area contributed by atoms with Gasteiger partial charge in [0.25, 0.3) is 5.56 Å². The lowest BCUT2D eigenvalue weighted by molar-refractivity contribution is 0.510. The average Bonchev–Trinajstić information content (AvgIpc) is 2.71. The molecule has 0 atom stereocenters. The molecule has 1 N–H and O–H groups in total. The SMILES string of the molecule is O=c1[nH]c2cc(F)c(F)cc2n2cnnc12. The van der Waals surface area contributed by atoms with Crippen LogP contribution in [0.1, 0.15) is 0 Å². The Kier molecular flexibility index (Phi) is 1.59. The highest BCUT2D eigenvalue weighted by Crippen LogP contribution is 2.15. The van der Waals surface area contributed by atoms with Crippen LogP contribution >= 0.6 is 0 Å². The molecule has 0 fully saturated rings. The molecular formula is C9H4F2N4O. The molecule has 0 radical (unpaired) electrons. The molecule has 1 aromatic carbocycles. The molecule has 2 aromatic heterocycles. The van der Waals surface area contributed by atoms with E-state index in [1.807, 2.05) is 0 Å². The smallest absolute Gasteiger partial charge is 0.294 e. The Morgan fingerprint density at radius 3 is 2.81 bits per heavy atom. The number of aromatic amines is 1. The monoisotopic (exact) mass is 222 g/mol. The first-order valence-corrected chi connectivity index (χ1v) is 4.37. The van der Waals surface area contributed by atoms with Crippen molar-refractivity contribution in [1.82, 2.24) is 19.6 Å². The molecular weight excluding hydrogens is 218 g/mol. The number of benzene rings is 1. The predicted molar refractivity (Wildman–Crippen MR) is 51.0 cm³/mol. The second-order valence-corrected chi connectivity index (χ2v) is 3.26. The zero-order valence-corrected chi connectivity index (χ0v) is 7.74. The van der Waals surface area contributed by atoms with Gasteiger partial charge in [-0.1, -0.05) is 0 Å². The molecule has 0 amide bonds. The van der Waals surface area contributed by atoms with E-state index in [0.717, 1.165) is 12.1 Å². The van der Waals surface area contributed by atoms with Crippen LogP contribution < -0.4 is 5.56 Å². The fraction of sp³-hybridized carbons (Fsp3) is 0. The van der Waals surface area contributed by atoms with Crippen LogP contribution in [0, 0.1) is 11.6 Å². The first-order valence-electron chi connectivity index (χ1n) is 4.37. The first-order chi connectivity index (χ1) is 7.66. The summed E-state index contributed by atoms with van der Waals surface area (Å²) in [6.45, 7) is 0. The maximum absolute atomic E-state index is 13.1. The minimum absolute atomic E-state index is 0.0403. The van der Waals surface area contributed by atoms with Crippen LogP contribution in [0.15, 0.2) is 23.3 Å². The van der Waals surface area contributed by atoms with Crippen molar-refractivity contribution >= 4 is 16.7 Å². The summed E-state index contributed by atoms with van der Waals surface area (Å²) < 4.78 is 27.3. The lowest BCUT2D eigenvalue weighted by Gasteiger charge is -2.01. The molecule has 0 aliphatic heterocycles. The van der Waals surface area contributed by atoms with Crippen LogP contribution in [0.25, 0.3) is 16.7 Å². The maximum atomic E-state index is 13.1. The van der Waals surface area contributed by atoms with Crippen molar-refractivity contribution < 1.29 is 8.78 Å². The van der Waals surface area contributed by atoms with Gasteiger partial charge in [-0.2, -0.15) is 0 Å². The van der Waals surface area contributed by atoms with E-state index >= 15 is 0 Å². The number of hydrogen-bond acceptors (Lipinski definition) is 3. The van der Waals surface area contributed by atoms with Crippen LogP contribution in [0.4, 0.5) is 8.78 Å². The van der Waals surface area contributed by atoms with Gasteiger partial charge in [-0.3, -0.25) is 9.20 Å². The number of fused-ring (bicyclic) bond motifs is 3. The zero-order chi connectivity index (χ0) is 11.3. The van der Waals surface area contributed by atoms with Crippen LogP contribution in [0.3, 0.4) is 0 Å². The van der Waals surface area contributed by atoms with Crippen LogP contribution in [-0.2, 0) is 0 Å². The first kappa shape index (κ1) is 8.96. The summed E-state index contributed by atoms with van der Waals surface area (Å²) in [6.07, 6.45) is 1.27. The van der Waals surface area contributed by atoms with E-state index in [2.05, 4.69) is 15.2 Å². The van der Waals surface area contributed by atoms with Crippen molar-refractivity contribution in [1.29, 1.82) is 0 Å². The highest BCUT2D eigenvalue weighted by atomic mass is 19.2. The van der Waals surface area contributed by atoms with Gasteiger partial charge in [-0.05, 0) is 0 Å². The summed E-state index contributed by atoms with van der Waals surface area (Å²) in [5, 5.41) is 7.11. The quantitative estimate of drug-likeness (QED) is 0.613. The summed E-state index contributed by atoms with van der Waals surface area (Å²) in [5.41, 5.74) is 0.0317. The fourth-order valence-corrected chi connectivity index (χ4v) is 1.58. The van der Waals surface area contributed by atoms with E-state index in [1.54, 1.807) is 0 Å². The predicted octanol–water partition coefficient (Wildman–Crippen LogP) is 0.849. The molecule has 0 spiro atoms. The van der Waals surface area contributed by atoms with Crippen molar-refractivity contribution in [3.8, 4) is 0 Å². The van der Waals surface area contributed by atoms with Crippen LogP contribution in [-0.4, -0.2) is 19.6 Å². The summed E-state index contributed by atoms with van der Waals surface area (Å²) in [6, 6.07) is 1.91. The Bertz CT molecular complexity index is 761. The van der Waals surface area contributed by atoms with Gasteiger partial charge in [0.05, 0.1) is 11.0 Å². The Balaban J connectivity index is 2.64. The molecule has 0 unspecified atom stereocenters. The third-order valence-corrected chi connectivity index (χ3v) is 2.30. The highest BCUT2D eigenvalue weighted by molar-refractivity contribution is 5.77. The van der Waals surface area contributed by atoms with Gasteiger partial charge in [0.15, 0.2) is 11.6 Å². The topological polar surface area (TPSA) is 63.0 Å². The largest absolute Gasteiger partial charge is 0.317 e. The Labute approximate surface area is 86.4 Å². The number of rotatable bonds is 0. The molecule has 2 heterocycles. The molecule has 0 aliphatic carbocycles. The van der Waals surface area contributed by atoms with E-state index in [9.17, 15) is 13.6 Å². The standard InChI is InChI=1S/C9H4F2N4O/c10-4-1-6-7(2-5(4)11)15-3-12-14-8(15)9(16)13-6/h1-3H,(H,13,16).